The third-order valence-electron chi connectivity index (χ3n) is 5.02. The second-order valence-electron chi connectivity index (χ2n) is 7.00. The molecule has 2 nitrogen and oxygen atoms in total. The highest BCUT2D eigenvalue weighted by Crippen LogP contribution is 2.29. The fourth-order valence-electron chi connectivity index (χ4n) is 3.29. The molecule has 4 heteroatoms. The van der Waals surface area contributed by atoms with Gasteiger partial charge < -0.3 is 4.74 Å². The summed E-state index contributed by atoms with van der Waals surface area (Å²) in [6.07, 6.45) is 2.89. The maximum atomic E-state index is 6.31. The van der Waals surface area contributed by atoms with E-state index in [9.17, 15) is 0 Å². The molecule has 0 amide bonds. The highest BCUT2D eigenvalue weighted by atomic mass is 35.5. The number of aliphatic imine (C=N–C) groups is 1. The van der Waals surface area contributed by atoms with Crippen molar-refractivity contribution in [3.8, 4) is 5.75 Å². The number of rotatable bonds is 6. The average Bonchev–Trinajstić information content (AvgIpc) is 2.77. The second-order valence-corrected chi connectivity index (χ2v) is 7.84. The van der Waals surface area contributed by atoms with E-state index in [2.05, 4.69) is 37.3 Å². The van der Waals surface area contributed by atoms with Crippen LogP contribution in [0.15, 0.2) is 83.9 Å². The maximum absolute atomic E-state index is 6.31. The van der Waals surface area contributed by atoms with Gasteiger partial charge in [0.2, 0.25) is 0 Å². The fourth-order valence-corrected chi connectivity index (χ4v) is 3.75. The van der Waals surface area contributed by atoms with Gasteiger partial charge in [0.1, 0.15) is 12.4 Å². The van der Waals surface area contributed by atoms with Crippen molar-refractivity contribution in [1.29, 1.82) is 0 Å². The third kappa shape index (κ3) is 4.67. The molecule has 0 aliphatic rings. The Morgan fingerprint density at radius 3 is 2.47 bits per heavy atom. The molecular formula is C26H21Cl2NO. The van der Waals surface area contributed by atoms with Crippen molar-refractivity contribution >= 4 is 45.9 Å². The number of aryl methyl sites for hydroxylation is 1. The summed E-state index contributed by atoms with van der Waals surface area (Å²) < 4.78 is 6.16. The Balaban J connectivity index is 1.67. The van der Waals surface area contributed by atoms with E-state index in [1.807, 2.05) is 48.7 Å². The van der Waals surface area contributed by atoms with Crippen molar-refractivity contribution < 1.29 is 4.74 Å². The highest BCUT2D eigenvalue weighted by Gasteiger charge is 2.09. The van der Waals surface area contributed by atoms with Gasteiger partial charge in [0.15, 0.2) is 0 Å². The highest BCUT2D eigenvalue weighted by molar-refractivity contribution is 6.35. The van der Waals surface area contributed by atoms with Gasteiger partial charge in [-0.1, -0.05) is 78.7 Å². The van der Waals surface area contributed by atoms with Crippen LogP contribution in [-0.4, -0.2) is 6.21 Å². The molecule has 0 unspecified atom stereocenters. The zero-order valence-corrected chi connectivity index (χ0v) is 18.1. The molecule has 30 heavy (non-hydrogen) atoms. The van der Waals surface area contributed by atoms with E-state index in [0.29, 0.717) is 16.7 Å². The first kappa shape index (κ1) is 20.5. The van der Waals surface area contributed by atoms with Crippen LogP contribution >= 0.6 is 23.2 Å². The molecule has 150 valence electrons. The van der Waals surface area contributed by atoms with Gasteiger partial charge in [-0.25, -0.2) is 0 Å². The molecule has 0 radical (unpaired) electrons. The lowest BCUT2D eigenvalue weighted by Crippen LogP contribution is -2.00. The number of hydrogen-bond donors (Lipinski definition) is 0. The van der Waals surface area contributed by atoms with E-state index in [4.69, 9.17) is 32.9 Å². The summed E-state index contributed by atoms with van der Waals surface area (Å²) in [4.78, 5) is 4.70. The molecule has 0 spiro atoms. The molecule has 4 aromatic carbocycles. The lowest BCUT2D eigenvalue weighted by Gasteiger charge is -2.13. The minimum atomic E-state index is 0.348. The van der Waals surface area contributed by atoms with E-state index < -0.39 is 0 Å². The number of nitrogens with zero attached hydrogens (tertiary/aromatic N) is 1. The molecule has 0 bridgehead atoms. The van der Waals surface area contributed by atoms with Crippen LogP contribution in [0.1, 0.15) is 23.6 Å². The van der Waals surface area contributed by atoms with E-state index in [-0.39, 0.29) is 0 Å². The van der Waals surface area contributed by atoms with Crippen LogP contribution in [0.3, 0.4) is 0 Å². The predicted molar refractivity (Wildman–Crippen MR) is 128 cm³/mol. The number of benzene rings is 4. The van der Waals surface area contributed by atoms with Crippen molar-refractivity contribution in [3.05, 3.63) is 106 Å². The second kappa shape index (κ2) is 9.34. The van der Waals surface area contributed by atoms with Gasteiger partial charge in [0.05, 0.1) is 5.69 Å². The molecule has 4 rings (SSSR count). The molecule has 0 aromatic heterocycles. The van der Waals surface area contributed by atoms with Gasteiger partial charge in [0, 0.05) is 27.4 Å². The Morgan fingerprint density at radius 2 is 1.70 bits per heavy atom. The standard InChI is InChI=1S/C26H21Cl2NO/c1-2-18-7-12-22(13-8-18)29-16-24-23-6-4-3-5-19(23)10-14-26(24)30-17-20-9-11-21(27)15-25(20)28/h3-16H,2,17H2,1H3. The predicted octanol–water partition coefficient (Wildman–Crippen LogP) is 8.04. The number of fused-ring (bicyclic) bond motifs is 1. The molecule has 0 aliphatic heterocycles. The molecule has 0 heterocycles. The van der Waals surface area contributed by atoms with Gasteiger partial charge in [0.25, 0.3) is 0 Å². The first-order valence-corrected chi connectivity index (χ1v) is 10.6. The lowest BCUT2D eigenvalue weighted by atomic mass is 10.0. The zero-order chi connectivity index (χ0) is 20.9. The van der Waals surface area contributed by atoms with Crippen molar-refractivity contribution in [1.82, 2.24) is 0 Å². The Hall–Kier alpha value is -2.81. The van der Waals surface area contributed by atoms with E-state index in [1.54, 1.807) is 6.07 Å². The normalized spacial score (nSPS) is 11.3. The summed E-state index contributed by atoms with van der Waals surface area (Å²) in [5.74, 6) is 0.758. The first-order valence-electron chi connectivity index (χ1n) is 9.85. The Morgan fingerprint density at radius 1 is 0.900 bits per heavy atom. The van der Waals surface area contributed by atoms with E-state index in [1.165, 1.54) is 5.56 Å². The molecule has 0 aliphatic carbocycles. The van der Waals surface area contributed by atoms with Crippen LogP contribution in [0.2, 0.25) is 10.0 Å². The zero-order valence-electron chi connectivity index (χ0n) is 16.6. The largest absolute Gasteiger partial charge is 0.488 e. The van der Waals surface area contributed by atoms with Crippen LogP contribution in [0.4, 0.5) is 5.69 Å². The maximum Gasteiger partial charge on any atom is 0.129 e. The van der Waals surface area contributed by atoms with Crippen molar-refractivity contribution in [3.63, 3.8) is 0 Å². The lowest BCUT2D eigenvalue weighted by molar-refractivity contribution is 0.306. The van der Waals surface area contributed by atoms with Gasteiger partial charge in [-0.05, 0) is 53.1 Å². The van der Waals surface area contributed by atoms with Crippen molar-refractivity contribution in [2.45, 2.75) is 20.0 Å². The molecule has 0 atom stereocenters. The third-order valence-corrected chi connectivity index (χ3v) is 5.60. The smallest absolute Gasteiger partial charge is 0.129 e. The van der Waals surface area contributed by atoms with E-state index >= 15 is 0 Å². The minimum absolute atomic E-state index is 0.348. The molecule has 0 N–H and O–H groups in total. The van der Waals surface area contributed by atoms with Crippen LogP contribution in [-0.2, 0) is 13.0 Å². The molecule has 0 saturated heterocycles. The molecule has 0 saturated carbocycles. The van der Waals surface area contributed by atoms with Gasteiger partial charge in [-0.15, -0.1) is 0 Å². The van der Waals surface area contributed by atoms with Crippen molar-refractivity contribution in [2.24, 2.45) is 4.99 Å². The van der Waals surface area contributed by atoms with Crippen LogP contribution in [0, 0.1) is 0 Å². The SMILES string of the molecule is CCc1ccc(N=Cc2c(OCc3ccc(Cl)cc3Cl)ccc3ccccc23)cc1. The van der Waals surface area contributed by atoms with Crippen molar-refractivity contribution in [2.75, 3.05) is 0 Å². The van der Waals surface area contributed by atoms with Crippen LogP contribution in [0.25, 0.3) is 10.8 Å². The van der Waals surface area contributed by atoms with Gasteiger partial charge >= 0.3 is 0 Å². The Kier molecular flexibility index (Phi) is 6.37. The number of hydrogen-bond acceptors (Lipinski definition) is 2. The summed E-state index contributed by atoms with van der Waals surface area (Å²) in [6, 6.07) is 26.0. The molecule has 4 aromatic rings. The van der Waals surface area contributed by atoms with Crippen LogP contribution < -0.4 is 4.74 Å². The van der Waals surface area contributed by atoms with Crippen LogP contribution in [0.5, 0.6) is 5.75 Å². The topological polar surface area (TPSA) is 21.6 Å². The monoisotopic (exact) mass is 433 g/mol. The average molecular weight is 434 g/mol. The molecular weight excluding hydrogens is 413 g/mol. The Labute approximate surface area is 186 Å². The van der Waals surface area contributed by atoms with Gasteiger partial charge in [-0.2, -0.15) is 0 Å². The summed E-state index contributed by atoms with van der Waals surface area (Å²) in [5.41, 5.74) is 4.03. The molecule has 0 fully saturated rings. The fraction of sp³-hybridized carbons (Fsp3) is 0.115. The summed E-state index contributed by atoms with van der Waals surface area (Å²) in [7, 11) is 0. The minimum Gasteiger partial charge on any atom is -0.488 e. The first-order chi connectivity index (χ1) is 14.6. The number of ether oxygens (including phenoxy) is 1. The van der Waals surface area contributed by atoms with Gasteiger partial charge in [-0.3, -0.25) is 4.99 Å². The summed E-state index contributed by atoms with van der Waals surface area (Å²) in [6.45, 7) is 2.49. The Bertz CT molecular complexity index is 1200. The number of halogens is 2. The summed E-state index contributed by atoms with van der Waals surface area (Å²) in [5, 5.41) is 3.43. The quantitative estimate of drug-likeness (QED) is 0.282. The summed E-state index contributed by atoms with van der Waals surface area (Å²) >= 11 is 12.3. The van der Waals surface area contributed by atoms with E-state index in [0.717, 1.165) is 39.8 Å².